The van der Waals surface area contributed by atoms with E-state index in [1.165, 1.54) is 23.1 Å². The van der Waals surface area contributed by atoms with Crippen molar-refractivity contribution in [3.05, 3.63) is 53.4 Å². The van der Waals surface area contributed by atoms with Crippen LogP contribution in [0.15, 0.2) is 42.0 Å². The molecule has 0 aliphatic carbocycles. The molecule has 4 aromatic heterocycles. The first kappa shape index (κ1) is 21.0. The van der Waals surface area contributed by atoms with Crippen LogP contribution in [0.1, 0.15) is 18.3 Å². The summed E-state index contributed by atoms with van der Waals surface area (Å²) in [7, 11) is 0. The summed E-state index contributed by atoms with van der Waals surface area (Å²) in [6.45, 7) is 2.27. The summed E-state index contributed by atoms with van der Waals surface area (Å²) < 4.78 is 83.0. The van der Waals surface area contributed by atoms with Gasteiger partial charge in [-0.05, 0) is 30.5 Å². The van der Waals surface area contributed by atoms with Crippen molar-refractivity contribution in [3.8, 4) is 27.8 Å². The number of alkyl halides is 6. The normalized spacial score (nSPS) is 12.5. The fourth-order valence-corrected chi connectivity index (χ4v) is 3.46. The van der Waals surface area contributed by atoms with Crippen molar-refractivity contribution in [2.75, 3.05) is 0 Å². The van der Waals surface area contributed by atoms with E-state index in [4.69, 9.17) is 0 Å². The molecule has 4 heterocycles. The first-order valence-electron chi connectivity index (χ1n) is 8.77. The average Bonchev–Trinajstić information content (AvgIpc) is 3.46. The van der Waals surface area contributed by atoms with E-state index in [-0.39, 0.29) is 21.6 Å². The fraction of sp³-hybridized carbons (Fsp3) is 0.222. The Morgan fingerprint density at radius 1 is 1.00 bits per heavy atom. The van der Waals surface area contributed by atoms with Gasteiger partial charge in [0, 0.05) is 18.3 Å². The lowest BCUT2D eigenvalue weighted by atomic mass is 10.2. The maximum Gasteiger partial charge on any atom is 0.433 e. The van der Waals surface area contributed by atoms with Gasteiger partial charge in [0.05, 0.1) is 22.5 Å². The highest BCUT2D eigenvalue weighted by molar-refractivity contribution is 7.13. The molecule has 4 rings (SSSR count). The van der Waals surface area contributed by atoms with E-state index < -0.39 is 29.7 Å². The molecule has 0 bridgehead atoms. The maximum atomic E-state index is 13.7. The van der Waals surface area contributed by atoms with E-state index in [2.05, 4.69) is 20.2 Å². The second kappa shape index (κ2) is 7.48. The standard InChI is InChI=1S/C18H12F6N6S/c1-2-29-9-10(8-25-29)11-7-15(18(22,23)24)30(28-11)16-26-12(13-4-3-5-31-13)6-14(27-16)17(19,20)21/h3-9H,2H2,1H3. The number of rotatable bonds is 4. The molecule has 0 N–H and O–H groups in total. The Hall–Kier alpha value is -3.22. The molecule has 0 amide bonds. The van der Waals surface area contributed by atoms with Crippen LogP contribution < -0.4 is 0 Å². The summed E-state index contributed by atoms with van der Waals surface area (Å²) in [6.07, 6.45) is -7.00. The van der Waals surface area contributed by atoms with Crippen molar-refractivity contribution in [3.63, 3.8) is 0 Å². The summed E-state index contributed by atoms with van der Waals surface area (Å²) in [4.78, 5) is 7.62. The summed E-state index contributed by atoms with van der Waals surface area (Å²) in [5.41, 5.74) is -2.67. The lowest BCUT2D eigenvalue weighted by Gasteiger charge is -2.12. The molecule has 0 aliphatic heterocycles. The van der Waals surface area contributed by atoms with Crippen LogP contribution in [0.2, 0.25) is 0 Å². The third-order valence-corrected chi connectivity index (χ3v) is 5.11. The van der Waals surface area contributed by atoms with Gasteiger partial charge in [0.25, 0.3) is 5.95 Å². The molecular formula is C18H12F6N6S. The minimum absolute atomic E-state index is 0.120. The number of hydrogen-bond donors (Lipinski definition) is 0. The van der Waals surface area contributed by atoms with Crippen molar-refractivity contribution < 1.29 is 26.3 Å². The number of hydrogen-bond acceptors (Lipinski definition) is 5. The Morgan fingerprint density at radius 2 is 1.77 bits per heavy atom. The Labute approximate surface area is 174 Å². The second-order valence-electron chi connectivity index (χ2n) is 6.32. The second-order valence-corrected chi connectivity index (χ2v) is 7.27. The number of thiophene rings is 1. The predicted octanol–water partition coefficient (Wildman–Crippen LogP) is 5.31. The molecule has 4 aromatic rings. The van der Waals surface area contributed by atoms with Crippen LogP contribution in [0, 0.1) is 0 Å². The lowest BCUT2D eigenvalue weighted by Crippen LogP contribution is -2.18. The SMILES string of the molecule is CCn1cc(-c2cc(C(F)(F)F)n(-c3nc(-c4cccs4)cc(C(F)(F)F)n3)n2)cn1. The molecule has 6 nitrogen and oxygen atoms in total. The zero-order valence-electron chi connectivity index (χ0n) is 15.6. The summed E-state index contributed by atoms with van der Waals surface area (Å²) in [5.74, 6) is -0.834. The smallest absolute Gasteiger partial charge is 0.272 e. The van der Waals surface area contributed by atoms with E-state index in [0.717, 1.165) is 17.4 Å². The number of nitrogens with zero attached hydrogens (tertiary/aromatic N) is 6. The van der Waals surface area contributed by atoms with E-state index in [0.29, 0.717) is 17.5 Å². The highest BCUT2D eigenvalue weighted by Gasteiger charge is 2.39. The van der Waals surface area contributed by atoms with Gasteiger partial charge in [-0.15, -0.1) is 11.3 Å². The molecule has 0 aliphatic rings. The Bertz CT molecular complexity index is 1210. The van der Waals surface area contributed by atoms with Crippen LogP contribution in [0.25, 0.3) is 27.8 Å². The van der Waals surface area contributed by atoms with Crippen LogP contribution in [0.5, 0.6) is 0 Å². The Balaban J connectivity index is 1.93. The molecular weight excluding hydrogens is 446 g/mol. The van der Waals surface area contributed by atoms with Gasteiger partial charge in [0.1, 0.15) is 0 Å². The topological polar surface area (TPSA) is 61.4 Å². The van der Waals surface area contributed by atoms with E-state index in [9.17, 15) is 26.3 Å². The molecule has 0 unspecified atom stereocenters. The molecule has 0 saturated heterocycles. The van der Waals surface area contributed by atoms with Crippen molar-refractivity contribution in [2.45, 2.75) is 25.8 Å². The molecule has 0 saturated carbocycles. The summed E-state index contributed by atoms with van der Waals surface area (Å²) in [6, 6.07) is 4.52. The molecule has 13 heteroatoms. The van der Waals surface area contributed by atoms with E-state index in [1.54, 1.807) is 18.4 Å². The minimum Gasteiger partial charge on any atom is -0.272 e. The third kappa shape index (κ3) is 4.17. The van der Waals surface area contributed by atoms with Crippen molar-refractivity contribution in [2.24, 2.45) is 0 Å². The predicted molar refractivity (Wildman–Crippen MR) is 99.4 cm³/mol. The van der Waals surface area contributed by atoms with Gasteiger partial charge in [-0.3, -0.25) is 4.68 Å². The highest BCUT2D eigenvalue weighted by Crippen LogP contribution is 2.36. The summed E-state index contributed by atoms with van der Waals surface area (Å²) >= 11 is 1.10. The van der Waals surface area contributed by atoms with E-state index in [1.807, 2.05) is 0 Å². The zero-order chi connectivity index (χ0) is 22.4. The summed E-state index contributed by atoms with van der Waals surface area (Å²) in [5, 5.41) is 9.47. The molecule has 162 valence electrons. The van der Waals surface area contributed by atoms with Gasteiger partial charge in [0.2, 0.25) is 0 Å². The third-order valence-electron chi connectivity index (χ3n) is 4.22. The van der Waals surface area contributed by atoms with Crippen molar-refractivity contribution >= 4 is 11.3 Å². The monoisotopic (exact) mass is 458 g/mol. The van der Waals surface area contributed by atoms with Crippen molar-refractivity contribution in [1.82, 2.24) is 29.5 Å². The van der Waals surface area contributed by atoms with Crippen LogP contribution >= 0.6 is 11.3 Å². The van der Waals surface area contributed by atoms with Crippen LogP contribution in [-0.4, -0.2) is 29.5 Å². The lowest BCUT2D eigenvalue weighted by molar-refractivity contribution is -0.143. The molecule has 0 aromatic carbocycles. The fourth-order valence-electron chi connectivity index (χ4n) is 2.77. The van der Waals surface area contributed by atoms with Crippen LogP contribution in [-0.2, 0) is 18.9 Å². The Morgan fingerprint density at radius 3 is 2.35 bits per heavy atom. The number of aromatic nitrogens is 6. The average molecular weight is 458 g/mol. The highest BCUT2D eigenvalue weighted by atomic mass is 32.1. The molecule has 0 fully saturated rings. The first-order valence-corrected chi connectivity index (χ1v) is 9.65. The molecule has 31 heavy (non-hydrogen) atoms. The van der Waals surface area contributed by atoms with Gasteiger partial charge in [-0.25, -0.2) is 9.97 Å². The number of halogens is 6. The molecule has 0 atom stereocenters. The van der Waals surface area contributed by atoms with Crippen molar-refractivity contribution in [1.29, 1.82) is 0 Å². The van der Waals surface area contributed by atoms with E-state index >= 15 is 0 Å². The van der Waals surface area contributed by atoms with Crippen LogP contribution in [0.3, 0.4) is 0 Å². The van der Waals surface area contributed by atoms with Crippen LogP contribution in [0.4, 0.5) is 26.3 Å². The Kier molecular flexibility index (Phi) is 5.07. The largest absolute Gasteiger partial charge is 0.433 e. The minimum atomic E-state index is -4.91. The van der Waals surface area contributed by atoms with Gasteiger partial charge < -0.3 is 0 Å². The zero-order valence-corrected chi connectivity index (χ0v) is 16.4. The maximum absolute atomic E-state index is 13.7. The molecule has 0 radical (unpaired) electrons. The quantitative estimate of drug-likeness (QED) is 0.389. The molecule has 0 spiro atoms. The van der Waals surface area contributed by atoms with Gasteiger partial charge in [-0.1, -0.05) is 6.07 Å². The van der Waals surface area contributed by atoms with Gasteiger partial charge >= 0.3 is 12.4 Å². The number of aryl methyl sites for hydroxylation is 1. The first-order chi connectivity index (χ1) is 14.6. The van der Waals surface area contributed by atoms with Gasteiger partial charge in [0.15, 0.2) is 11.4 Å². The van der Waals surface area contributed by atoms with Gasteiger partial charge in [-0.2, -0.15) is 41.2 Å².